The Hall–Kier alpha value is -2.93. The predicted octanol–water partition coefficient (Wildman–Crippen LogP) is 3.07. The summed E-state index contributed by atoms with van der Waals surface area (Å²) in [6.45, 7) is 0. The second-order valence-corrected chi connectivity index (χ2v) is 6.24. The second-order valence-electron chi connectivity index (χ2n) is 4.99. The number of pyridine rings is 1. The van der Waals surface area contributed by atoms with Crippen LogP contribution in [0.25, 0.3) is 16.9 Å². The van der Waals surface area contributed by atoms with Gasteiger partial charge in [0.2, 0.25) is 5.71 Å². The zero-order valence-corrected chi connectivity index (χ0v) is 15.3. The van der Waals surface area contributed by atoms with Gasteiger partial charge in [0.15, 0.2) is 0 Å². The summed E-state index contributed by atoms with van der Waals surface area (Å²) in [6, 6.07) is 13.0. The SMILES string of the molecule is COC(=O)/C(C#N)=N\Nc1ccc(-c2cn3cc(I)ccc3n2)cc1. The molecule has 7 nitrogen and oxygen atoms in total. The van der Waals surface area contributed by atoms with E-state index in [0.29, 0.717) is 5.69 Å². The Kier molecular flexibility index (Phi) is 4.95. The molecule has 0 unspecified atom stereocenters. The number of methoxy groups -OCH3 is 1. The van der Waals surface area contributed by atoms with E-state index in [2.05, 4.69) is 42.8 Å². The second kappa shape index (κ2) is 7.31. The van der Waals surface area contributed by atoms with Crippen molar-refractivity contribution in [3.8, 4) is 17.3 Å². The van der Waals surface area contributed by atoms with Gasteiger partial charge in [-0.2, -0.15) is 10.4 Å². The van der Waals surface area contributed by atoms with Crippen LogP contribution in [0.15, 0.2) is 53.9 Å². The van der Waals surface area contributed by atoms with Gasteiger partial charge in [-0.05, 0) is 46.9 Å². The molecule has 0 spiro atoms. The summed E-state index contributed by atoms with van der Waals surface area (Å²) in [7, 11) is 1.19. The first-order chi connectivity index (χ1) is 12.1. The first-order valence-corrected chi connectivity index (χ1v) is 8.25. The number of imidazole rings is 1. The highest BCUT2D eigenvalue weighted by atomic mass is 127. The van der Waals surface area contributed by atoms with E-state index in [0.717, 1.165) is 20.5 Å². The maximum Gasteiger partial charge on any atom is 0.369 e. The van der Waals surface area contributed by atoms with E-state index >= 15 is 0 Å². The number of nitrogens with zero attached hydrogens (tertiary/aromatic N) is 4. The summed E-state index contributed by atoms with van der Waals surface area (Å²) in [5.41, 5.74) is 5.62. The molecule has 25 heavy (non-hydrogen) atoms. The summed E-state index contributed by atoms with van der Waals surface area (Å²) in [6.07, 6.45) is 3.97. The molecule has 0 amide bonds. The van der Waals surface area contributed by atoms with Crippen LogP contribution in [0.3, 0.4) is 0 Å². The third-order valence-corrected chi connectivity index (χ3v) is 4.02. The van der Waals surface area contributed by atoms with Gasteiger partial charge >= 0.3 is 5.97 Å². The van der Waals surface area contributed by atoms with Crippen molar-refractivity contribution in [2.45, 2.75) is 0 Å². The first-order valence-electron chi connectivity index (χ1n) is 7.17. The highest BCUT2D eigenvalue weighted by Gasteiger charge is 2.10. The van der Waals surface area contributed by atoms with Crippen molar-refractivity contribution in [2.24, 2.45) is 5.10 Å². The lowest BCUT2D eigenvalue weighted by Crippen LogP contribution is -2.15. The van der Waals surface area contributed by atoms with Crippen molar-refractivity contribution < 1.29 is 9.53 Å². The minimum absolute atomic E-state index is 0.346. The summed E-state index contributed by atoms with van der Waals surface area (Å²) in [4.78, 5) is 15.9. The smallest absolute Gasteiger partial charge is 0.369 e. The number of esters is 1. The minimum atomic E-state index is -0.786. The largest absolute Gasteiger partial charge is 0.464 e. The van der Waals surface area contributed by atoms with Gasteiger partial charge in [0.1, 0.15) is 11.7 Å². The molecular formula is C17H12IN5O2. The van der Waals surface area contributed by atoms with Gasteiger partial charge in [-0.25, -0.2) is 9.78 Å². The molecule has 1 N–H and O–H groups in total. The molecule has 3 aromatic rings. The van der Waals surface area contributed by atoms with E-state index in [1.807, 2.05) is 41.1 Å². The third-order valence-electron chi connectivity index (χ3n) is 3.38. The van der Waals surface area contributed by atoms with Gasteiger partial charge in [-0.1, -0.05) is 12.1 Å². The van der Waals surface area contributed by atoms with Gasteiger partial charge in [0.05, 0.1) is 18.5 Å². The van der Waals surface area contributed by atoms with Crippen molar-refractivity contribution >= 4 is 45.6 Å². The van der Waals surface area contributed by atoms with E-state index in [-0.39, 0.29) is 5.71 Å². The fourth-order valence-corrected chi connectivity index (χ4v) is 2.63. The van der Waals surface area contributed by atoms with Crippen molar-refractivity contribution in [3.05, 3.63) is 52.4 Å². The van der Waals surface area contributed by atoms with Crippen LogP contribution in [-0.2, 0) is 9.53 Å². The lowest BCUT2D eigenvalue weighted by atomic mass is 10.1. The number of anilines is 1. The molecule has 0 saturated heterocycles. The number of fused-ring (bicyclic) bond motifs is 1. The number of hydrogen-bond acceptors (Lipinski definition) is 6. The van der Waals surface area contributed by atoms with Gasteiger partial charge in [-0.15, -0.1) is 0 Å². The molecule has 0 aliphatic heterocycles. The molecule has 3 rings (SSSR count). The average Bonchev–Trinajstić information content (AvgIpc) is 3.05. The predicted molar refractivity (Wildman–Crippen MR) is 102 cm³/mol. The number of halogens is 1. The fraction of sp³-hybridized carbons (Fsp3) is 0.0588. The van der Waals surface area contributed by atoms with E-state index in [1.54, 1.807) is 18.2 Å². The maximum atomic E-state index is 11.3. The molecule has 2 heterocycles. The highest BCUT2D eigenvalue weighted by Crippen LogP contribution is 2.22. The Labute approximate surface area is 157 Å². The number of benzene rings is 1. The Balaban J connectivity index is 1.81. The molecule has 0 aliphatic carbocycles. The average molecular weight is 445 g/mol. The number of carbonyl (C=O) groups is 1. The van der Waals surface area contributed by atoms with Gasteiger partial charge < -0.3 is 9.14 Å². The number of nitriles is 1. The molecule has 0 atom stereocenters. The zero-order valence-electron chi connectivity index (χ0n) is 13.1. The Morgan fingerprint density at radius 1 is 1.28 bits per heavy atom. The number of nitrogens with one attached hydrogen (secondary N) is 1. The number of ether oxygens (including phenoxy) is 1. The van der Waals surface area contributed by atoms with Crippen molar-refractivity contribution in [1.29, 1.82) is 5.26 Å². The number of carbonyl (C=O) groups excluding carboxylic acids is 1. The van der Waals surface area contributed by atoms with Crippen LogP contribution in [-0.4, -0.2) is 28.2 Å². The van der Waals surface area contributed by atoms with E-state index in [1.165, 1.54) is 7.11 Å². The maximum absolute atomic E-state index is 11.3. The number of hydrazone groups is 1. The van der Waals surface area contributed by atoms with Crippen LogP contribution < -0.4 is 5.43 Å². The van der Waals surface area contributed by atoms with E-state index < -0.39 is 5.97 Å². The lowest BCUT2D eigenvalue weighted by Gasteiger charge is -2.02. The molecule has 0 radical (unpaired) electrons. The van der Waals surface area contributed by atoms with Crippen LogP contribution in [0.1, 0.15) is 0 Å². The normalized spacial score (nSPS) is 11.2. The van der Waals surface area contributed by atoms with Gasteiger partial charge in [0.25, 0.3) is 0 Å². The standard InChI is InChI=1S/C17H12IN5O2/c1-25-17(24)14(8-19)22-21-13-5-2-11(3-6-13)15-10-23-9-12(18)4-7-16(23)20-15/h2-7,9-10,21H,1H3/b22-14-. The molecule has 1 aromatic carbocycles. The molecule has 8 heteroatoms. The summed E-state index contributed by atoms with van der Waals surface area (Å²) < 4.78 is 7.57. The minimum Gasteiger partial charge on any atom is -0.464 e. The third kappa shape index (κ3) is 3.77. The summed E-state index contributed by atoms with van der Waals surface area (Å²) in [5.74, 6) is -0.786. The van der Waals surface area contributed by atoms with Crippen LogP contribution in [0.5, 0.6) is 0 Å². The topological polar surface area (TPSA) is 91.8 Å². The van der Waals surface area contributed by atoms with Crippen LogP contribution in [0.4, 0.5) is 5.69 Å². The number of aromatic nitrogens is 2. The highest BCUT2D eigenvalue weighted by molar-refractivity contribution is 14.1. The van der Waals surface area contributed by atoms with Crippen LogP contribution in [0.2, 0.25) is 0 Å². The molecule has 2 aromatic heterocycles. The monoisotopic (exact) mass is 445 g/mol. The van der Waals surface area contributed by atoms with Crippen molar-refractivity contribution in [1.82, 2.24) is 9.38 Å². The molecule has 0 aliphatic rings. The molecular weight excluding hydrogens is 433 g/mol. The van der Waals surface area contributed by atoms with Gasteiger partial charge in [-0.3, -0.25) is 5.43 Å². The Morgan fingerprint density at radius 3 is 2.72 bits per heavy atom. The van der Waals surface area contributed by atoms with Crippen LogP contribution >= 0.6 is 22.6 Å². The van der Waals surface area contributed by atoms with Crippen molar-refractivity contribution in [2.75, 3.05) is 12.5 Å². The number of hydrogen-bond donors (Lipinski definition) is 1. The van der Waals surface area contributed by atoms with Crippen molar-refractivity contribution in [3.63, 3.8) is 0 Å². The zero-order chi connectivity index (χ0) is 17.8. The first kappa shape index (κ1) is 16.9. The molecule has 0 bridgehead atoms. The van der Waals surface area contributed by atoms with Gasteiger partial charge in [0, 0.05) is 21.5 Å². The van der Waals surface area contributed by atoms with E-state index in [4.69, 9.17) is 5.26 Å². The Morgan fingerprint density at radius 2 is 2.04 bits per heavy atom. The number of rotatable bonds is 4. The van der Waals surface area contributed by atoms with E-state index in [9.17, 15) is 4.79 Å². The summed E-state index contributed by atoms with van der Waals surface area (Å²) in [5, 5.41) is 12.6. The van der Waals surface area contributed by atoms with Crippen LogP contribution in [0, 0.1) is 14.9 Å². The summed E-state index contributed by atoms with van der Waals surface area (Å²) >= 11 is 2.26. The quantitative estimate of drug-likeness (QED) is 0.289. The molecule has 0 saturated carbocycles. The molecule has 0 fully saturated rings. The fourth-order valence-electron chi connectivity index (χ4n) is 2.15. The molecule has 124 valence electrons. The Bertz CT molecular complexity index is 1000. The lowest BCUT2D eigenvalue weighted by molar-refractivity contribution is -0.132.